The molecule has 0 N–H and O–H groups in total. The summed E-state index contributed by atoms with van der Waals surface area (Å²) >= 11 is 0. The Bertz CT molecular complexity index is 546. The predicted octanol–water partition coefficient (Wildman–Crippen LogP) is 8.38. The number of benzene rings is 1. The van der Waals surface area contributed by atoms with Gasteiger partial charge < -0.3 is 4.74 Å². The van der Waals surface area contributed by atoms with Crippen LogP contribution in [-0.4, -0.2) is 12.6 Å². The Balaban J connectivity index is 1.84. The second kappa shape index (κ2) is 17.4. The van der Waals surface area contributed by atoms with Gasteiger partial charge >= 0.3 is 5.97 Å². The van der Waals surface area contributed by atoms with E-state index < -0.39 is 17.6 Å². The fraction of sp³-hybridized carbons (Fsp3) is 0.720. The van der Waals surface area contributed by atoms with E-state index in [1.807, 2.05) is 0 Å². The first kappa shape index (κ1) is 25.6. The van der Waals surface area contributed by atoms with Gasteiger partial charge in [-0.2, -0.15) is 0 Å². The van der Waals surface area contributed by atoms with Crippen LogP contribution < -0.4 is 0 Å². The van der Waals surface area contributed by atoms with Gasteiger partial charge in [0, 0.05) is 6.07 Å². The summed E-state index contributed by atoms with van der Waals surface area (Å²) in [7, 11) is 0. The zero-order chi connectivity index (χ0) is 21.2. The molecule has 0 bridgehead atoms. The Morgan fingerprint density at radius 1 is 0.724 bits per heavy atom. The molecule has 0 unspecified atom stereocenters. The first-order valence-corrected chi connectivity index (χ1v) is 11.8. The summed E-state index contributed by atoms with van der Waals surface area (Å²) in [5.41, 5.74) is -0.206. The average molecular weight is 411 g/mol. The number of carbonyl (C=O) groups is 1. The number of hydrogen-bond donors (Lipinski definition) is 0. The third-order valence-corrected chi connectivity index (χ3v) is 5.38. The highest BCUT2D eigenvalue weighted by Crippen LogP contribution is 2.14. The molecule has 1 rings (SSSR count). The number of carbonyl (C=O) groups excluding carboxylic acids is 1. The molecule has 4 heteroatoms. The highest BCUT2D eigenvalue weighted by atomic mass is 19.1. The van der Waals surface area contributed by atoms with Crippen molar-refractivity contribution in [1.29, 1.82) is 0 Å². The number of ether oxygens (including phenoxy) is 1. The van der Waals surface area contributed by atoms with Crippen LogP contribution in [0.25, 0.3) is 0 Å². The molecule has 0 aliphatic heterocycles. The van der Waals surface area contributed by atoms with Crippen molar-refractivity contribution in [1.82, 2.24) is 0 Å². The zero-order valence-corrected chi connectivity index (χ0v) is 18.3. The molecule has 166 valence electrons. The van der Waals surface area contributed by atoms with E-state index in [9.17, 15) is 13.6 Å². The fourth-order valence-corrected chi connectivity index (χ4v) is 3.55. The molecule has 0 fully saturated rings. The van der Waals surface area contributed by atoms with Gasteiger partial charge in [-0.1, -0.05) is 103 Å². The van der Waals surface area contributed by atoms with Crippen LogP contribution in [0.4, 0.5) is 8.78 Å². The maximum absolute atomic E-state index is 13.5. The maximum atomic E-state index is 13.5. The van der Waals surface area contributed by atoms with Crippen LogP contribution in [0.3, 0.4) is 0 Å². The lowest BCUT2D eigenvalue weighted by Crippen LogP contribution is -2.08. The van der Waals surface area contributed by atoms with Gasteiger partial charge in [0.25, 0.3) is 0 Å². The van der Waals surface area contributed by atoms with Crippen molar-refractivity contribution < 1.29 is 18.3 Å². The number of rotatable bonds is 18. The summed E-state index contributed by atoms with van der Waals surface area (Å²) in [6.45, 7) is 2.55. The van der Waals surface area contributed by atoms with Crippen molar-refractivity contribution in [3.63, 3.8) is 0 Å². The number of unbranched alkanes of at least 4 members (excludes halogenated alkanes) is 15. The number of halogens is 2. The molecule has 0 spiro atoms. The van der Waals surface area contributed by atoms with Crippen molar-refractivity contribution in [3.05, 3.63) is 35.4 Å². The highest BCUT2D eigenvalue weighted by molar-refractivity contribution is 5.89. The van der Waals surface area contributed by atoms with Crippen molar-refractivity contribution in [2.75, 3.05) is 6.61 Å². The molecule has 1 aromatic rings. The van der Waals surface area contributed by atoms with Crippen LogP contribution in [-0.2, 0) is 4.74 Å². The summed E-state index contributed by atoms with van der Waals surface area (Å²) in [4.78, 5) is 11.8. The average Bonchev–Trinajstić information content (AvgIpc) is 2.70. The van der Waals surface area contributed by atoms with Gasteiger partial charge in [-0.15, -0.1) is 0 Å². The zero-order valence-electron chi connectivity index (χ0n) is 18.3. The Kier molecular flexibility index (Phi) is 15.4. The van der Waals surface area contributed by atoms with Crippen LogP contribution in [0.5, 0.6) is 0 Å². The van der Waals surface area contributed by atoms with Crippen LogP contribution in [0.2, 0.25) is 0 Å². The largest absolute Gasteiger partial charge is 0.462 e. The van der Waals surface area contributed by atoms with E-state index in [1.165, 1.54) is 83.5 Å². The Morgan fingerprint density at radius 2 is 1.17 bits per heavy atom. The highest BCUT2D eigenvalue weighted by Gasteiger charge is 2.13. The minimum Gasteiger partial charge on any atom is -0.462 e. The normalized spacial score (nSPS) is 11.0. The summed E-state index contributed by atoms with van der Waals surface area (Å²) in [6, 6.07) is 2.89. The maximum Gasteiger partial charge on any atom is 0.341 e. The minimum atomic E-state index is -0.873. The summed E-state index contributed by atoms with van der Waals surface area (Å²) < 4.78 is 31.4. The molecule has 0 atom stereocenters. The Labute approximate surface area is 176 Å². The fourth-order valence-electron chi connectivity index (χ4n) is 3.55. The lowest BCUT2D eigenvalue weighted by Gasteiger charge is -2.06. The van der Waals surface area contributed by atoms with Gasteiger partial charge in [0.05, 0.1) is 12.2 Å². The molecular formula is C25H40F2O2. The topological polar surface area (TPSA) is 26.3 Å². The molecule has 0 amide bonds. The summed E-state index contributed by atoms with van der Waals surface area (Å²) in [5.74, 6) is -2.29. The van der Waals surface area contributed by atoms with E-state index in [-0.39, 0.29) is 12.2 Å². The number of hydrogen-bond acceptors (Lipinski definition) is 2. The van der Waals surface area contributed by atoms with Crippen molar-refractivity contribution >= 4 is 5.97 Å². The van der Waals surface area contributed by atoms with Crippen molar-refractivity contribution in [2.45, 2.75) is 110 Å². The van der Waals surface area contributed by atoms with E-state index in [4.69, 9.17) is 4.74 Å². The van der Waals surface area contributed by atoms with Gasteiger partial charge in [-0.05, 0) is 18.6 Å². The Morgan fingerprint density at radius 3 is 1.62 bits per heavy atom. The Hall–Kier alpha value is -1.45. The molecule has 0 aliphatic carbocycles. The first-order chi connectivity index (χ1) is 14.1. The monoisotopic (exact) mass is 410 g/mol. The van der Waals surface area contributed by atoms with E-state index >= 15 is 0 Å². The SMILES string of the molecule is CCCCCCCCCCCCCCCCCCOC(=O)c1ccc(F)cc1F. The van der Waals surface area contributed by atoms with E-state index in [0.717, 1.165) is 31.4 Å². The molecular weight excluding hydrogens is 370 g/mol. The second-order valence-corrected chi connectivity index (χ2v) is 8.06. The van der Waals surface area contributed by atoms with E-state index in [1.54, 1.807) is 0 Å². The van der Waals surface area contributed by atoms with Gasteiger partial charge in [-0.25, -0.2) is 13.6 Å². The van der Waals surface area contributed by atoms with Crippen molar-refractivity contribution in [3.8, 4) is 0 Å². The molecule has 0 heterocycles. The summed E-state index contributed by atoms with van der Waals surface area (Å²) in [5, 5.41) is 0. The summed E-state index contributed by atoms with van der Waals surface area (Å²) in [6.07, 6.45) is 20.6. The van der Waals surface area contributed by atoms with Crippen LogP contribution in [0.15, 0.2) is 18.2 Å². The van der Waals surface area contributed by atoms with E-state index in [0.29, 0.717) is 6.07 Å². The van der Waals surface area contributed by atoms with Crippen LogP contribution >= 0.6 is 0 Å². The third kappa shape index (κ3) is 13.4. The predicted molar refractivity (Wildman–Crippen MR) is 116 cm³/mol. The molecule has 1 aromatic carbocycles. The molecule has 0 saturated heterocycles. The minimum absolute atomic E-state index is 0.206. The van der Waals surface area contributed by atoms with Gasteiger partial charge in [-0.3, -0.25) is 0 Å². The lowest BCUT2D eigenvalue weighted by molar-refractivity contribution is 0.0492. The molecule has 29 heavy (non-hydrogen) atoms. The lowest BCUT2D eigenvalue weighted by atomic mass is 10.0. The standard InChI is InChI=1S/C25H40F2O2/c1-2-3-4-5-6-7-8-9-10-11-12-13-14-15-16-17-20-29-25(28)23-19-18-22(26)21-24(23)27/h18-19,21H,2-17,20H2,1H3. The first-order valence-electron chi connectivity index (χ1n) is 11.8. The smallest absolute Gasteiger partial charge is 0.341 e. The molecule has 0 saturated carbocycles. The molecule has 2 nitrogen and oxygen atoms in total. The van der Waals surface area contributed by atoms with Crippen LogP contribution in [0, 0.1) is 11.6 Å². The van der Waals surface area contributed by atoms with Crippen LogP contribution in [0.1, 0.15) is 120 Å². The molecule has 0 aromatic heterocycles. The molecule has 0 aliphatic rings. The molecule has 0 radical (unpaired) electrons. The van der Waals surface area contributed by atoms with Crippen molar-refractivity contribution in [2.24, 2.45) is 0 Å². The van der Waals surface area contributed by atoms with Gasteiger partial charge in [0.1, 0.15) is 11.6 Å². The number of esters is 1. The van der Waals surface area contributed by atoms with E-state index in [2.05, 4.69) is 6.92 Å². The second-order valence-electron chi connectivity index (χ2n) is 8.06. The quantitative estimate of drug-likeness (QED) is 0.179. The third-order valence-electron chi connectivity index (χ3n) is 5.38. The van der Waals surface area contributed by atoms with Gasteiger partial charge in [0.15, 0.2) is 0 Å². The van der Waals surface area contributed by atoms with Gasteiger partial charge in [0.2, 0.25) is 0 Å².